The van der Waals surface area contributed by atoms with Crippen LogP contribution in [0.15, 0.2) is 24.3 Å². The van der Waals surface area contributed by atoms with Crippen LogP contribution in [0, 0.1) is 0 Å². The minimum Gasteiger partial charge on any atom is -0.479 e. The summed E-state index contributed by atoms with van der Waals surface area (Å²) in [4.78, 5) is 11.0. The third kappa shape index (κ3) is 2.65. The molecule has 0 aliphatic carbocycles. The fourth-order valence-corrected chi connectivity index (χ4v) is 0.965. The minimum atomic E-state index is -0.608. The molecule has 14 heavy (non-hydrogen) atoms. The molecule has 1 aromatic carbocycles. The molecule has 0 spiro atoms. The summed E-state index contributed by atoms with van der Waals surface area (Å²) in [5.41, 5.74) is 6.15. The molecule has 1 aromatic rings. The largest absolute Gasteiger partial charge is 0.479 e. The fourth-order valence-electron chi connectivity index (χ4n) is 0.965. The standard InChI is InChI=1S/C10H13NO3/c1-7(10(12)13-2)14-9-5-3-8(11)4-6-9/h3-7H,11H2,1-2H3/t7-/m1/s1. The van der Waals surface area contributed by atoms with Crippen LogP contribution in [0.3, 0.4) is 0 Å². The van der Waals surface area contributed by atoms with Crippen LogP contribution in [0.1, 0.15) is 6.92 Å². The summed E-state index contributed by atoms with van der Waals surface area (Å²) in [6.45, 7) is 1.63. The predicted molar refractivity (Wildman–Crippen MR) is 53.0 cm³/mol. The van der Waals surface area contributed by atoms with Crippen LogP contribution >= 0.6 is 0 Å². The van der Waals surface area contributed by atoms with Gasteiger partial charge in [0.1, 0.15) is 5.75 Å². The Kier molecular flexibility index (Phi) is 3.34. The van der Waals surface area contributed by atoms with Crippen LogP contribution in [-0.2, 0) is 9.53 Å². The Morgan fingerprint density at radius 2 is 1.93 bits per heavy atom. The Labute approximate surface area is 82.6 Å². The summed E-state index contributed by atoms with van der Waals surface area (Å²) in [5.74, 6) is 0.193. The van der Waals surface area contributed by atoms with Crippen LogP contribution in [0.4, 0.5) is 5.69 Å². The van der Waals surface area contributed by atoms with Crippen LogP contribution in [-0.4, -0.2) is 19.2 Å². The molecule has 0 bridgehead atoms. The average Bonchev–Trinajstić information content (AvgIpc) is 2.20. The first-order valence-corrected chi connectivity index (χ1v) is 4.23. The van der Waals surface area contributed by atoms with Crippen molar-refractivity contribution in [3.05, 3.63) is 24.3 Å². The highest BCUT2D eigenvalue weighted by Crippen LogP contribution is 2.14. The lowest BCUT2D eigenvalue weighted by Gasteiger charge is -2.12. The topological polar surface area (TPSA) is 61.5 Å². The Morgan fingerprint density at radius 1 is 1.36 bits per heavy atom. The molecule has 0 fully saturated rings. The molecule has 0 aromatic heterocycles. The Bertz CT molecular complexity index is 308. The Hall–Kier alpha value is -1.71. The summed E-state index contributed by atoms with van der Waals surface area (Å²) in [7, 11) is 1.32. The van der Waals surface area contributed by atoms with E-state index in [1.807, 2.05) is 0 Å². The van der Waals surface area contributed by atoms with Crippen molar-refractivity contribution >= 4 is 11.7 Å². The zero-order valence-electron chi connectivity index (χ0n) is 8.19. The first-order valence-electron chi connectivity index (χ1n) is 4.23. The van der Waals surface area contributed by atoms with E-state index in [2.05, 4.69) is 4.74 Å². The summed E-state index contributed by atoms with van der Waals surface area (Å²) in [6.07, 6.45) is -0.608. The van der Waals surface area contributed by atoms with E-state index in [0.717, 1.165) is 0 Å². The van der Waals surface area contributed by atoms with E-state index in [1.165, 1.54) is 7.11 Å². The molecule has 0 radical (unpaired) electrons. The number of hydrogen-bond donors (Lipinski definition) is 1. The van der Waals surface area contributed by atoms with Gasteiger partial charge in [0, 0.05) is 5.69 Å². The maximum absolute atomic E-state index is 11.0. The maximum atomic E-state index is 11.0. The molecule has 76 valence electrons. The van der Waals surface area contributed by atoms with E-state index >= 15 is 0 Å². The van der Waals surface area contributed by atoms with Gasteiger partial charge in [-0.05, 0) is 31.2 Å². The molecule has 0 amide bonds. The van der Waals surface area contributed by atoms with E-state index < -0.39 is 12.1 Å². The smallest absolute Gasteiger partial charge is 0.346 e. The number of carbonyl (C=O) groups excluding carboxylic acids is 1. The summed E-state index contributed by atoms with van der Waals surface area (Å²) < 4.78 is 9.81. The van der Waals surface area contributed by atoms with Crippen LogP contribution in [0.2, 0.25) is 0 Å². The number of nitrogen functional groups attached to an aromatic ring is 1. The first-order chi connectivity index (χ1) is 6.63. The average molecular weight is 195 g/mol. The molecule has 0 aliphatic heterocycles. The number of esters is 1. The number of carbonyl (C=O) groups is 1. The van der Waals surface area contributed by atoms with Gasteiger partial charge in [-0.15, -0.1) is 0 Å². The molecule has 4 nitrogen and oxygen atoms in total. The summed E-state index contributed by atoms with van der Waals surface area (Å²) >= 11 is 0. The second-order valence-electron chi connectivity index (χ2n) is 2.85. The lowest BCUT2D eigenvalue weighted by atomic mass is 10.3. The quantitative estimate of drug-likeness (QED) is 0.581. The van der Waals surface area contributed by atoms with Gasteiger partial charge < -0.3 is 15.2 Å². The number of methoxy groups -OCH3 is 1. The second-order valence-corrected chi connectivity index (χ2v) is 2.85. The van der Waals surface area contributed by atoms with Crippen molar-refractivity contribution in [2.75, 3.05) is 12.8 Å². The van der Waals surface area contributed by atoms with Crippen molar-refractivity contribution in [1.29, 1.82) is 0 Å². The van der Waals surface area contributed by atoms with Crippen molar-refractivity contribution in [2.24, 2.45) is 0 Å². The van der Waals surface area contributed by atoms with Crippen LogP contribution in [0.25, 0.3) is 0 Å². The van der Waals surface area contributed by atoms with Gasteiger partial charge >= 0.3 is 5.97 Å². The van der Waals surface area contributed by atoms with Crippen molar-refractivity contribution in [2.45, 2.75) is 13.0 Å². The minimum absolute atomic E-state index is 0.401. The van der Waals surface area contributed by atoms with E-state index in [4.69, 9.17) is 10.5 Å². The van der Waals surface area contributed by atoms with Gasteiger partial charge in [0.15, 0.2) is 6.10 Å². The van der Waals surface area contributed by atoms with E-state index in [-0.39, 0.29) is 0 Å². The van der Waals surface area contributed by atoms with Crippen molar-refractivity contribution in [3.8, 4) is 5.75 Å². The normalized spacial score (nSPS) is 11.9. The van der Waals surface area contributed by atoms with E-state index in [0.29, 0.717) is 11.4 Å². The molecule has 4 heteroatoms. The van der Waals surface area contributed by atoms with Crippen LogP contribution < -0.4 is 10.5 Å². The molecule has 0 unspecified atom stereocenters. The van der Waals surface area contributed by atoms with Gasteiger partial charge in [0.05, 0.1) is 7.11 Å². The molecule has 2 N–H and O–H groups in total. The third-order valence-corrected chi connectivity index (χ3v) is 1.73. The van der Waals surface area contributed by atoms with Gasteiger partial charge in [0.2, 0.25) is 0 Å². The Morgan fingerprint density at radius 3 is 2.43 bits per heavy atom. The van der Waals surface area contributed by atoms with Gasteiger partial charge in [0.25, 0.3) is 0 Å². The summed E-state index contributed by atoms with van der Waals surface area (Å²) in [5, 5.41) is 0. The van der Waals surface area contributed by atoms with Gasteiger partial charge in [-0.25, -0.2) is 4.79 Å². The highest BCUT2D eigenvalue weighted by molar-refractivity contribution is 5.74. The number of nitrogens with two attached hydrogens (primary N) is 1. The van der Waals surface area contributed by atoms with E-state index in [1.54, 1.807) is 31.2 Å². The van der Waals surface area contributed by atoms with Gasteiger partial charge in [-0.3, -0.25) is 0 Å². The molecule has 1 rings (SSSR count). The molecule has 0 aliphatic rings. The molecule has 1 atom stereocenters. The molecule has 0 heterocycles. The lowest BCUT2D eigenvalue weighted by molar-refractivity contribution is -0.147. The fraction of sp³-hybridized carbons (Fsp3) is 0.300. The van der Waals surface area contributed by atoms with Crippen molar-refractivity contribution < 1.29 is 14.3 Å². The molecular formula is C10H13NO3. The SMILES string of the molecule is COC(=O)[C@@H](C)Oc1ccc(N)cc1. The number of hydrogen-bond acceptors (Lipinski definition) is 4. The first kappa shape index (κ1) is 10.4. The predicted octanol–water partition coefficient (Wildman–Crippen LogP) is 1.21. The molecule has 0 saturated heterocycles. The van der Waals surface area contributed by atoms with Gasteiger partial charge in [-0.2, -0.15) is 0 Å². The number of ether oxygens (including phenoxy) is 2. The maximum Gasteiger partial charge on any atom is 0.346 e. The summed E-state index contributed by atoms with van der Waals surface area (Å²) in [6, 6.07) is 6.82. The zero-order valence-corrected chi connectivity index (χ0v) is 8.19. The van der Waals surface area contributed by atoms with Crippen molar-refractivity contribution in [3.63, 3.8) is 0 Å². The van der Waals surface area contributed by atoms with Crippen molar-refractivity contribution in [1.82, 2.24) is 0 Å². The second kappa shape index (κ2) is 4.50. The molecular weight excluding hydrogens is 182 g/mol. The Balaban J connectivity index is 2.60. The highest BCUT2D eigenvalue weighted by Gasteiger charge is 2.14. The highest BCUT2D eigenvalue weighted by atomic mass is 16.6. The monoisotopic (exact) mass is 195 g/mol. The zero-order chi connectivity index (χ0) is 10.6. The number of anilines is 1. The number of benzene rings is 1. The number of rotatable bonds is 3. The van der Waals surface area contributed by atoms with E-state index in [9.17, 15) is 4.79 Å². The van der Waals surface area contributed by atoms with Gasteiger partial charge in [-0.1, -0.05) is 0 Å². The lowest BCUT2D eigenvalue weighted by Crippen LogP contribution is -2.24. The van der Waals surface area contributed by atoms with Crippen LogP contribution in [0.5, 0.6) is 5.75 Å². The molecule has 0 saturated carbocycles. The third-order valence-electron chi connectivity index (χ3n) is 1.73.